The molecule has 3 rings (SSSR count). The fraction of sp³-hybridized carbons (Fsp3) is 0.136. The summed E-state index contributed by atoms with van der Waals surface area (Å²) < 4.78 is 63.9. The predicted molar refractivity (Wildman–Crippen MR) is 115 cm³/mol. The van der Waals surface area contributed by atoms with Gasteiger partial charge in [0, 0.05) is 30.7 Å². The van der Waals surface area contributed by atoms with Gasteiger partial charge in [-0.1, -0.05) is 0 Å². The van der Waals surface area contributed by atoms with E-state index in [4.69, 9.17) is 9.47 Å². The number of anilines is 2. The lowest BCUT2D eigenvalue weighted by Gasteiger charge is -2.14. The van der Waals surface area contributed by atoms with E-state index in [0.717, 1.165) is 19.2 Å². The molecule has 0 atom stereocenters. The number of ether oxygens (including phenoxy) is 2. The van der Waals surface area contributed by atoms with E-state index >= 15 is 0 Å². The van der Waals surface area contributed by atoms with E-state index in [0.29, 0.717) is 0 Å². The Morgan fingerprint density at radius 2 is 1.59 bits per heavy atom. The van der Waals surface area contributed by atoms with Gasteiger partial charge < -0.3 is 25.4 Å². The minimum absolute atomic E-state index is 0.0920. The zero-order chi connectivity index (χ0) is 24.9. The molecule has 0 saturated carbocycles. The van der Waals surface area contributed by atoms with Crippen LogP contribution >= 0.6 is 0 Å². The van der Waals surface area contributed by atoms with Crippen molar-refractivity contribution in [1.29, 1.82) is 0 Å². The second kappa shape index (κ2) is 10.1. The Labute approximate surface area is 190 Å². The van der Waals surface area contributed by atoms with E-state index in [1.165, 1.54) is 49.6 Å². The molecule has 0 unspecified atom stereocenters. The lowest BCUT2D eigenvalue weighted by molar-refractivity contribution is -0.138. The summed E-state index contributed by atoms with van der Waals surface area (Å²) >= 11 is 0. The average molecular weight is 478 g/mol. The van der Waals surface area contributed by atoms with Gasteiger partial charge in [-0.25, -0.2) is 14.2 Å². The Balaban J connectivity index is 1.67. The molecule has 2 aromatic carbocycles. The number of rotatable bonds is 6. The number of nitrogens with one attached hydrogen (secondary N) is 3. The van der Waals surface area contributed by atoms with Crippen LogP contribution in [0.25, 0.3) is 0 Å². The van der Waals surface area contributed by atoms with Crippen LogP contribution in [0.3, 0.4) is 0 Å². The molecule has 0 aliphatic rings. The maximum Gasteiger partial charge on any atom is 0.420 e. The molecule has 1 aromatic heterocycles. The molecule has 3 aromatic rings. The molecule has 0 saturated heterocycles. The molecule has 3 amide bonds. The van der Waals surface area contributed by atoms with Gasteiger partial charge in [0.2, 0.25) is 0 Å². The molecule has 0 spiro atoms. The van der Waals surface area contributed by atoms with Crippen molar-refractivity contribution in [2.45, 2.75) is 6.18 Å². The topological polar surface area (TPSA) is 102 Å². The highest BCUT2D eigenvalue weighted by Gasteiger charge is 2.34. The molecule has 8 nitrogen and oxygen atoms in total. The maximum absolute atomic E-state index is 14.4. The maximum atomic E-state index is 14.4. The Morgan fingerprint density at radius 3 is 2.21 bits per heavy atom. The number of hydrogen-bond donors (Lipinski definition) is 3. The fourth-order valence-electron chi connectivity index (χ4n) is 2.82. The highest BCUT2D eigenvalue weighted by Crippen LogP contribution is 2.37. The van der Waals surface area contributed by atoms with Gasteiger partial charge >= 0.3 is 12.2 Å². The van der Waals surface area contributed by atoms with Gasteiger partial charge in [0.25, 0.3) is 5.91 Å². The van der Waals surface area contributed by atoms with Crippen molar-refractivity contribution in [2.75, 3.05) is 24.8 Å². The number of alkyl halides is 3. The van der Waals surface area contributed by atoms with Crippen LogP contribution in [-0.2, 0) is 6.18 Å². The minimum Gasteiger partial charge on any atom is -0.496 e. The molecule has 3 N–H and O–H groups in total. The SMILES string of the molecule is CNC(=O)c1nccc(Oc2ccc(NC(=O)Nc3ccc(OC)c(C(F)(F)F)c3)cc2)c1F. The van der Waals surface area contributed by atoms with Gasteiger partial charge in [-0.15, -0.1) is 0 Å². The van der Waals surface area contributed by atoms with E-state index in [-0.39, 0.29) is 28.6 Å². The first-order chi connectivity index (χ1) is 16.1. The Hall–Kier alpha value is -4.35. The van der Waals surface area contributed by atoms with Crippen molar-refractivity contribution >= 4 is 23.3 Å². The van der Waals surface area contributed by atoms with Crippen molar-refractivity contribution in [3.8, 4) is 17.2 Å². The Kier molecular flexibility index (Phi) is 7.19. The van der Waals surface area contributed by atoms with Crippen molar-refractivity contribution in [1.82, 2.24) is 10.3 Å². The smallest absolute Gasteiger partial charge is 0.420 e. The average Bonchev–Trinajstić information content (AvgIpc) is 2.80. The third kappa shape index (κ3) is 5.71. The van der Waals surface area contributed by atoms with Crippen LogP contribution in [0.2, 0.25) is 0 Å². The number of hydrogen-bond acceptors (Lipinski definition) is 5. The summed E-state index contributed by atoms with van der Waals surface area (Å²) in [6.45, 7) is 0. The highest BCUT2D eigenvalue weighted by molar-refractivity contribution is 5.99. The molecule has 0 bridgehead atoms. The van der Waals surface area contributed by atoms with Crippen molar-refractivity contribution in [3.05, 3.63) is 71.8 Å². The van der Waals surface area contributed by atoms with Gasteiger partial charge in [0.05, 0.1) is 12.7 Å². The van der Waals surface area contributed by atoms with Gasteiger partial charge in [0.1, 0.15) is 11.5 Å². The first-order valence-electron chi connectivity index (χ1n) is 9.60. The number of pyridine rings is 1. The van der Waals surface area contributed by atoms with Crippen molar-refractivity contribution < 1.29 is 36.6 Å². The first-order valence-corrected chi connectivity index (χ1v) is 9.60. The molecule has 0 fully saturated rings. The van der Waals surface area contributed by atoms with E-state index in [9.17, 15) is 27.2 Å². The van der Waals surface area contributed by atoms with Crippen LogP contribution in [0.4, 0.5) is 33.7 Å². The predicted octanol–water partition coefficient (Wildman–Crippen LogP) is 5.04. The number of methoxy groups -OCH3 is 1. The molecule has 0 aliphatic carbocycles. The molecule has 0 radical (unpaired) electrons. The summed E-state index contributed by atoms with van der Waals surface area (Å²) in [4.78, 5) is 27.5. The zero-order valence-electron chi connectivity index (χ0n) is 17.8. The minimum atomic E-state index is -4.66. The summed E-state index contributed by atoms with van der Waals surface area (Å²) in [6, 6.07) is 9.28. The normalized spacial score (nSPS) is 10.9. The number of benzene rings is 2. The van der Waals surface area contributed by atoms with Crippen LogP contribution in [0, 0.1) is 5.82 Å². The van der Waals surface area contributed by atoms with E-state index in [1.807, 2.05) is 0 Å². The third-order valence-electron chi connectivity index (χ3n) is 4.40. The third-order valence-corrected chi connectivity index (χ3v) is 4.40. The molecule has 0 aliphatic heterocycles. The monoisotopic (exact) mass is 478 g/mol. The van der Waals surface area contributed by atoms with Gasteiger partial charge in [-0.2, -0.15) is 13.2 Å². The molecule has 12 heteroatoms. The lowest BCUT2D eigenvalue weighted by atomic mass is 10.1. The van der Waals surface area contributed by atoms with Crippen LogP contribution in [0.15, 0.2) is 54.7 Å². The molecule has 178 valence electrons. The number of nitrogens with zero attached hydrogens (tertiary/aromatic N) is 1. The van der Waals surface area contributed by atoms with Crippen molar-refractivity contribution in [2.24, 2.45) is 0 Å². The molecule has 34 heavy (non-hydrogen) atoms. The largest absolute Gasteiger partial charge is 0.496 e. The highest BCUT2D eigenvalue weighted by atomic mass is 19.4. The van der Waals surface area contributed by atoms with Gasteiger partial charge in [-0.05, 0) is 42.5 Å². The fourth-order valence-corrected chi connectivity index (χ4v) is 2.82. The molecular formula is C22H18F4N4O4. The summed E-state index contributed by atoms with van der Waals surface area (Å²) in [5.41, 5.74) is -1.26. The van der Waals surface area contributed by atoms with Crippen LogP contribution in [0.5, 0.6) is 17.2 Å². The van der Waals surface area contributed by atoms with Gasteiger partial charge in [0.15, 0.2) is 17.3 Å². The van der Waals surface area contributed by atoms with Crippen LogP contribution < -0.4 is 25.4 Å². The standard InChI is InChI=1S/C22H18F4N4O4/c1-27-20(31)19-18(23)17(9-10-28-19)34-14-6-3-12(4-7-14)29-21(32)30-13-5-8-16(33-2)15(11-13)22(24,25)26/h3-11H,1-2H3,(H,27,31)(H2,29,30,32). The summed E-state index contributed by atoms with van der Waals surface area (Å²) in [6.07, 6.45) is -3.45. The zero-order valence-corrected chi connectivity index (χ0v) is 17.8. The molecular weight excluding hydrogens is 460 g/mol. The quantitative estimate of drug-likeness (QED) is 0.431. The van der Waals surface area contributed by atoms with E-state index in [2.05, 4.69) is 20.9 Å². The van der Waals surface area contributed by atoms with E-state index in [1.54, 1.807) is 0 Å². The number of carbonyl (C=O) groups excluding carboxylic acids is 2. The van der Waals surface area contributed by atoms with Crippen LogP contribution in [0.1, 0.15) is 16.1 Å². The van der Waals surface area contributed by atoms with Crippen molar-refractivity contribution in [3.63, 3.8) is 0 Å². The Bertz CT molecular complexity index is 1200. The summed E-state index contributed by atoms with van der Waals surface area (Å²) in [5.74, 6) is -2.06. The second-order valence-corrected chi connectivity index (χ2v) is 6.67. The van der Waals surface area contributed by atoms with Crippen LogP contribution in [-0.4, -0.2) is 31.1 Å². The van der Waals surface area contributed by atoms with E-state index < -0.39 is 35.2 Å². The van der Waals surface area contributed by atoms with Gasteiger partial charge in [-0.3, -0.25) is 4.79 Å². The Morgan fingerprint density at radius 1 is 0.941 bits per heavy atom. The first kappa shape index (κ1) is 24.3. The second-order valence-electron chi connectivity index (χ2n) is 6.67. The number of halogens is 4. The number of carbonyl (C=O) groups is 2. The number of aromatic nitrogens is 1. The summed E-state index contributed by atoms with van der Waals surface area (Å²) in [5, 5.41) is 7.03. The number of urea groups is 1. The lowest BCUT2D eigenvalue weighted by Crippen LogP contribution is -2.21. The molecule has 1 heterocycles. The summed E-state index contributed by atoms with van der Waals surface area (Å²) in [7, 11) is 2.45. The number of amides is 3.